The van der Waals surface area contributed by atoms with E-state index in [9.17, 15) is 4.79 Å². The van der Waals surface area contributed by atoms with Crippen LogP contribution < -0.4 is 15.2 Å². The van der Waals surface area contributed by atoms with Gasteiger partial charge < -0.3 is 9.64 Å². The fourth-order valence-electron chi connectivity index (χ4n) is 3.81. The minimum absolute atomic E-state index is 0.113. The van der Waals surface area contributed by atoms with Gasteiger partial charge in [0.05, 0.1) is 16.4 Å². The van der Waals surface area contributed by atoms with Crippen LogP contribution in [0.5, 0.6) is 5.75 Å². The summed E-state index contributed by atoms with van der Waals surface area (Å²) >= 11 is 12.5. The average molecular weight is 445 g/mol. The van der Waals surface area contributed by atoms with E-state index in [1.165, 1.54) is 6.07 Å². The third-order valence-corrected chi connectivity index (χ3v) is 5.70. The van der Waals surface area contributed by atoms with Crippen LogP contribution in [0.15, 0.2) is 47.4 Å². The molecule has 0 saturated carbocycles. The molecule has 156 valence electrons. The number of hydrogen-bond acceptors (Lipinski definition) is 5. The SMILES string of the molecule is Cc1cc(=O)n(-c2ccc(N3CCC(Oc4ccnc(Cl)c4)CC3)c(Cl)c2)c(C)n1. The molecule has 8 heteroatoms. The molecule has 3 heterocycles. The van der Waals surface area contributed by atoms with Crippen LogP contribution in [0.25, 0.3) is 5.69 Å². The summed E-state index contributed by atoms with van der Waals surface area (Å²) < 4.78 is 7.61. The van der Waals surface area contributed by atoms with Gasteiger partial charge in [0, 0.05) is 50.0 Å². The Morgan fingerprint density at radius 1 is 1.07 bits per heavy atom. The van der Waals surface area contributed by atoms with Crippen molar-refractivity contribution in [1.29, 1.82) is 0 Å². The van der Waals surface area contributed by atoms with E-state index in [1.807, 2.05) is 38.1 Å². The van der Waals surface area contributed by atoms with Crippen molar-refractivity contribution in [3.05, 3.63) is 74.6 Å². The second-order valence-corrected chi connectivity index (χ2v) is 8.17. The summed E-state index contributed by atoms with van der Waals surface area (Å²) in [4.78, 5) is 23.0. The lowest BCUT2D eigenvalue weighted by molar-refractivity contribution is 0.171. The largest absolute Gasteiger partial charge is 0.490 e. The van der Waals surface area contributed by atoms with Crippen molar-refractivity contribution < 1.29 is 4.74 Å². The highest BCUT2D eigenvalue weighted by molar-refractivity contribution is 6.33. The molecule has 0 radical (unpaired) electrons. The van der Waals surface area contributed by atoms with E-state index in [1.54, 1.807) is 16.8 Å². The van der Waals surface area contributed by atoms with Crippen molar-refractivity contribution in [1.82, 2.24) is 14.5 Å². The van der Waals surface area contributed by atoms with Crippen LogP contribution in [0, 0.1) is 13.8 Å². The molecular formula is C22H22Cl2N4O2. The first-order valence-corrected chi connectivity index (χ1v) is 10.6. The van der Waals surface area contributed by atoms with Gasteiger partial charge in [0.25, 0.3) is 5.56 Å². The van der Waals surface area contributed by atoms with Gasteiger partial charge in [-0.15, -0.1) is 0 Å². The fourth-order valence-corrected chi connectivity index (χ4v) is 4.27. The first kappa shape index (κ1) is 20.7. The summed E-state index contributed by atoms with van der Waals surface area (Å²) in [6.07, 6.45) is 3.51. The third kappa shape index (κ3) is 4.45. The van der Waals surface area contributed by atoms with Crippen molar-refractivity contribution in [2.24, 2.45) is 0 Å². The topological polar surface area (TPSA) is 60.2 Å². The molecule has 3 aromatic rings. The first-order valence-electron chi connectivity index (χ1n) is 9.81. The van der Waals surface area contributed by atoms with Gasteiger partial charge in [-0.25, -0.2) is 9.97 Å². The number of aromatic nitrogens is 3. The summed E-state index contributed by atoms with van der Waals surface area (Å²) in [5, 5.41) is 1.04. The fraction of sp³-hybridized carbons (Fsp3) is 0.318. The Morgan fingerprint density at radius 3 is 2.50 bits per heavy atom. The summed E-state index contributed by atoms with van der Waals surface area (Å²) in [5.41, 5.74) is 2.26. The number of benzene rings is 1. The molecule has 1 aromatic carbocycles. The zero-order valence-electron chi connectivity index (χ0n) is 16.8. The zero-order chi connectivity index (χ0) is 21.3. The Bertz CT molecular complexity index is 1120. The van der Waals surface area contributed by atoms with Crippen molar-refractivity contribution >= 4 is 28.9 Å². The molecule has 2 aromatic heterocycles. The number of nitrogens with zero attached hydrogens (tertiary/aromatic N) is 4. The summed E-state index contributed by atoms with van der Waals surface area (Å²) in [6.45, 7) is 5.28. The Labute approximate surface area is 185 Å². The van der Waals surface area contributed by atoms with Crippen molar-refractivity contribution in [3.63, 3.8) is 0 Å². The highest BCUT2D eigenvalue weighted by Gasteiger charge is 2.22. The second kappa shape index (κ2) is 8.66. The lowest BCUT2D eigenvalue weighted by atomic mass is 10.1. The van der Waals surface area contributed by atoms with E-state index >= 15 is 0 Å². The number of halogens is 2. The van der Waals surface area contributed by atoms with Crippen LogP contribution in [0.4, 0.5) is 5.69 Å². The zero-order valence-corrected chi connectivity index (χ0v) is 18.3. The minimum atomic E-state index is -0.113. The molecule has 1 aliphatic heterocycles. The van der Waals surface area contributed by atoms with E-state index in [4.69, 9.17) is 27.9 Å². The molecule has 0 aliphatic carbocycles. The molecule has 0 bridgehead atoms. The van der Waals surface area contributed by atoms with E-state index in [0.29, 0.717) is 27.4 Å². The molecule has 1 saturated heterocycles. The van der Waals surface area contributed by atoms with Crippen LogP contribution in [-0.4, -0.2) is 33.7 Å². The van der Waals surface area contributed by atoms with Gasteiger partial charge in [0.2, 0.25) is 0 Å². The van der Waals surface area contributed by atoms with Gasteiger partial charge in [-0.2, -0.15) is 0 Å². The summed E-state index contributed by atoms with van der Waals surface area (Å²) in [7, 11) is 0. The molecule has 1 aliphatic rings. The predicted octanol–water partition coefficient (Wildman–Crippen LogP) is 4.60. The van der Waals surface area contributed by atoms with Gasteiger partial charge in [0.1, 0.15) is 22.8 Å². The number of hydrogen-bond donors (Lipinski definition) is 0. The number of anilines is 1. The van der Waals surface area contributed by atoms with Gasteiger partial charge in [-0.05, 0) is 38.1 Å². The summed E-state index contributed by atoms with van der Waals surface area (Å²) in [5.74, 6) is 1.38. The Kier molecular flexibility index (Phi) is 5.97. The van der Waals surface area contributed by atoms with Crippen LogP contribution in [0.3, 0.4) is 0 Å². The molecular weight excluding hydrogens is 423 g/mol. The standard InChI is InChI=1S/C22H22Cl2N4O2/c1-14-11-22(29)28(15(2)26-14)16-3-4-20(19(23)12-16)27-9-6-17(7-10-27)30-18-5-8-25-21(24)13-18/h3-5,8,11-13,17H,6-7,9-10H2,1-2H3. The van der Waals surface area contributed by atoms with Crippen LogP contribution >= 0.6 is 23.2 Å². The molecule has 0 atom stereocenters. The maximum atomic E-state index is 12.4. The molecule has 1 fully saturated rings. The Morgan fingerprint density at radius 2 is 1.83 bits per heavy atom. The van der Waals surface area contributed by atoms with Crippen molar-refractivity contribution in [2.45, 2.75) is 32.8 Å². The number of rotatable bonds is 4. The lowest BCUT2D eigenvalue weighted by Crippen LogP contribution is -2.38. The van der Waals surface area contributed by atoms with Gasteiger partial charge in [-0.1, -0.05) is 23.2 Å². The van der Waals surface area contributed by atoms with Gasteiger partial charge in [-0.3, -0.25) is 9.36 Å². The molecule has 0 unspecified atom stereocenters. The molecule has 30 heavy (non-hydrogen) atoms. The Hall–Kier alpha value is -2.57. The Balaban J connectivity index is 1.47. The van der Waals surface area contributed by atoms with Crippen LogP contribution in [0.2, 0.25) is 10.2 Å². The van der Waals surface area contributed by atoms with Gasteiger partial charge in [0.15, 0.2) is 0 Å². The monoisotopic (exact) mass is 444 g/mol. The first-order chi connectivity index (χ1) is 14.4. The number of piperidine rings is 1. The summed E-state index contributed by atoms with van der Waals surface area (Å²) in [6, 6.07) is 10.8. The molecule has 0 amide bonds. The molecule has 4 rings (SSSR count). The maximum Gasteiger partial charge on any atom is 0.258 e. The maximum absolute atomic E-state index is 12.4. The number of aryl methyl sites for hydroxylation is 2. The molecule has 0 N–H and O–H groups in total. The number of ether oxygens (including phenoxy) is 1. The molecule has 6 nitrogen and oxygen atoms in total. The average Bonchev–Trinajstić information content (AvgIpc) is 2.68. The highest BCUT2D eigenvalue weighted by Crippen LogP contribution is 2.31. The van der Waals surface area contributed by atoms with E-state index in [0.717, 1.165) is 37.4 Å². The van der Waals surface area contributed by atoms with E-state index < -0.39 is 0 Å². The molecule has 0 spiro atoms. The minimum Gasteiger partial charge on any atom is -0.490 e. The predicted molar refractivity (Wildman–Crippen MR) is 119 cm³/mol. The van der Waals surface area contributed by atoms with Crippen LogP contribution in [0.1, 0.15) is 24.4 Å². The lowest BCUT2D eigenvalue weighted by Gasteiger charge is -2.34. The normalized spacial score (nSPS) is 14.7. The van der Waals surface area contributed by atoms with Crippen molar-refractivity contribution in [2.75, 3.05) is 18.0 Å². The van der Waals surface area contributed by atoms with Crippen LogP contribution in [-0.2, 0) is 0 Å². The third-order valence-electron chi connectivity index (χ3n) is 5.19. The number of pyridine rings is 1. The highest BCUT2D eigenvalue weighted by atomic mass is 35.5. The van der Waals surface area contributed by atoms with Crippen molar-refractivity contribution in [3.8, 4) is 11.4 Å². The second-order valence-electron chi connectivity index (χ2n) is 7.37. The van der Waals surface area contributed by atoms with Gasteiger partial charge >= 0.3 is 0 Å². The van der Waals surface area contributed by atoms with E-state index in [2.05, 4.69) is 14.9 Å². The quantitative estimate of drug-likeness (QED) is 0.550. The van der Waals surface area contributed by atoms with E-state index in [-0.39, 0.29) is 11.7 Å². The smallest absolute Gasteiger partial charge is 0.258 e.